The van der Waals surface area contributed by atoms with E-state index in [0.29, 0.717) is 19.3 Å². The Morgan fingerprint density at radius 2 is 0.650 bits per heavy atom. The minimum Gasteiger partial charge on any atom is -0.462 e. The Morgan fingerprint density at radius 1 is 0.350 bits per heavy atom. The fraction of sp³-hybridized carbons (Fsp3) is 0.796. The monoisotopic (exact) mass is 841 g/mol. The molecule has 6 heteroatoms. The van der Waals surface area contributed by atoms with Crippen LogP contribution in [0, 0.1) is 0 Å². The summed E-state index contributed by atoms with van der Waals surface area (Å²) in [6, 6.07) is 0. The summed E-state index contributed by atoms with van der Waals surface area (Å²) in [6.07, 6.45) is 58.2. The normalized spacial score (nSPS) is 12.4. The Morgan fingerprint density at radius 3 is 1.02 bits per heavy atom. The number of esters is 3. The largest absolute Gasteiger partial charge is 0.462 e. The van der Waals surface area contributed by atoms with Gasteiger partial charge in [-0.15, -0.1) is 0 Å². The van der Waals surface area contributed by atoms with Gasteiger partial charge < -0.3 is 14.2 Å². The van der Waals surface area contributed by atoms with Gasteiger partial charge in [-0.2, -0.15) is 0 Å². The molecule has 0 aliphatic rings. The lowest BCUT2D eigenvalue weighted by atomic mass is 10.1. The molecule has 0 saturated heterocycles. The molecule has 6 nitrogen and oxygen atoms in total. The highest BCUT2D eigenvalue weighted by Crippen LogP contribution is 2.15. The van der Waals surface area contributed by atoms with Crippen LogP contribution in [0.4, 0.5) is 0 Å². The SMILES string of the molecule is CC/C=C\C/C=C\C/C=C\C/C=C\CCCCCCCCCCCCC(=O)OCC(COC(=O)CCCCCCCCCC)OC(=O)CCCCCCCCCCCCC. The van der Waals surface area contributed by atoms with E-state index in [4.69, 9.17) is 14.2 Å². The van der Waals surface area contributed by atoms with Crippen molar-refractivity contribution in [3.05, 3.63) is 48.6 Å². The topological polar surface area (TPSA) is 78.9 Å². The maximum atomic E-state index is 12.7. The lowest BCUT2D eigenvalue weighted by Crippen LogP contribution is -2.30. The molecule has 60 heavy (non-hydrogen) atoms. The van der Waals surface area contributed by atoms with Crippen molar-refractivity contribution in [2.45, 2.75) is 264 Å². The predicted octanol–water partition coefficient (Wildman–Crippen LogP) is 16.7. The van der Waals surface area contributed by atoms with E-state index in [0.717, 1.165) is 83.5 Å². The second-order valence-electron chi connectivity index (χ2n) is 17.1. The van der Waals surface area contributed by atoms with Crippen molar-refractivity contribution in [2.75, 3.05) is 13.2 Å². The number of unbranched alkanes of at least 4 members (excludes halogenated alkanes) is 27. The summed E-state index contributed by atoms with van der Waals surface area (Å²) in [5, 5.41) is 0. The van der Waals surface area contributed by atoms with Crippen molar-refractivity contribution in [3.8, 4) is 0 Å². The highest BCUT2D eigenvalue weighted by Gasteiger charge is 2.19. The number of hydrogen-bond donors (Lipinski definition) is 0. The van der Waals surface area contributed by atoms with E-state index < -0.39 is 6.10 Å². The molecule has 0 aliphatic carbocycles. The van der Waals surface area contributed by atoms with Gasteiger partial charge in [-0.1, -0.05) is 230 Å². The predicted molar refractivity (Wildman–Crippen MR) is 256 cm³/mol. The van der Waals surface area contributed by atoms with Crippen molar-refractivity contribution < 1.29 is 28.6 Å². The number of ether oxygens (including phenoxy) is 3. The fourth-order valence-electron chi connectivity index (χ4n) is 7.26. The van der Waals surface area contributed by atoms with E-state index in [2.05, 4.69) is 69.4 Å². The van der Waals surface area contributed by atoms with Gasteiger partial charge in [0.05, 0.1) is 0 Å². The summed E-state index contributed by atoms with van der Waals surface area (Å²) >= 11 is 0. The van der Waals surface area contributed by atoms with Crippen molar-refractivity contribution >= 4 is 17.9 Å². The van der Waals surface area contributed by atoms with E-state index in [1.807, 2.05) is 0 Å². The van der Waals surface area contributed by atoms with Crippen LogP contribution in [0.25, 0.3) is 0 Å². The highest BCUT2D eigenvalue weighted by atomic mass is 16.6. The summed E-state index contributed by atoms with van der Waals surface area (Å²) in [5.74, 6) is -0.874. The van der Waals surface area contributed by atoms with Gasteiger partial charge in [-0.3, -0.25) is 14.4 Å². The maximum Gasteiger partial charge on any atom is 0.306 e. The molecule has 0 radical (unpaired) electrons. The van der Waals surface area contributed by atoms with E-state index in [-0.39, 0.29) is 31.1 Å². The van der Waals surface area contributed by atoms with Crippen LogP contribution in [0.1, 0.15) is 258 Å². The van der Waals surface area contributed by atoms with E-state index in [9.17, 15) is 14.4 Å². The van der Waals surface area contributed by atoms with Crippen LogP contribution >= 0.6 is 0 Å². The summed E-state index contributed by atoms with van der Waals surface area (Å²) in [4.78, 5) is 37.8. The summed E-state index contributed by atoms with van der Waals surface area (Å²) in [5.41, 5.74) is 0. The van der Waals surface area contributed by atoms with Gasteiger partial charge in [0.1, 0.15) is 13.2 Å². The number of carbonyl (C=O) groups is 3. The van der Waals surface area contributed by atoms with E-state index in [1.54, 1.807) is 0 Å². The van der Waals surface area contributed by atoms with Gasteiger partial charge in [0.2, 0.25) is 0 Å². The number of carbonyl (C=O) groups excluding carboxylic acids is 3. The Balaban J connectivity index is 4.18. The van der Waals surface area contributed by atoms with Crippen LogP contribution in [0.15, 0.2) is 48.6 Å². The molecule has 0 spiro atoms. The number of hydrogen-bond acceptors (Lipinski definition) is 6. The fourth-order valence-corrected chi connectivity index (χ4v) is 7.26. The molecular weight excluding hydrogens is 745 g/mol. The summed E-state index contributed by atoms with van der Waals surface area (Å²) < 4.78 is 16.7. The number of allylic oxidation sites excluding steroid dienone is 8. The maximum absolute atomic E-state index is 12.7. The van der Waals surface area contributed by atoms with Crippen LogP contribution in [0.2, 0.25) is 0 Å². The Bertz CT molecular complexity index is 1060. The van der Waals surface area contributed by atoms with Gasteiger partial charge >= 0.3 is 17.9 Å². The first-order chi connectivity index (χ1) is 29.5. The molecule has 0 bridgehead atoms. The quantitative estimate of drug-likeness (QED) is 0.0263. The van der Waals surface area contributed by atoms with Crippen molar-refractivity contribution in [3.63, 3.8) is 0 Å². The third-order valence-corrected chi connectivity index (χ3v) is 11.1. The molecule has 0 saturated carbocycles. The Labute approximate surface area is 371 Å². The molecule has 0 amide bonds. The average Bonchev–Trinajstić information content (AvgIpc) is 3.24. The molecule has 348 valence electrons. The number of rotatable bonds is 46. The van der Waals surface area contributed by atoms with Gasteiger partial charge in [0.25, 0.3) is 0 Å². The zero-order valence-electron chi connectivity index (χ0n) is 39.7. The van der Waals surface area contributed by atoms with E-state index >= 15 is 0 Å². The van der Waals surface area contributed by atoms with Gasteiger partial charge in [-0.25, -0.2) is 0 Å². The molecule has 1 unspecified atom stereocenters. The molecule has 0 aromatic heterocycles. The standard InChI is InChI=1S/C54H96O6/c1-4-7-10-13-16-19-21-22-23-24-25-26-27-28-29-30-31-32-34-35-38-41-44-47-53(56)59-50-51(49-58-52(55)46-43-40-37-18-15-12-9-6-3)60-54(57)48-45-42-39-36-33-20-17-14-11-8-5-2/h7,10,16,19,22-23,25-26,51H,4-6,8-9,11-15,17-18,20-21,24,27-50H2,1-3H3/b10-7-,19-16-,23-22-,26-25-. The minimum absolute atomic E-state index is 0.0710. The second-order valence-corrected chi connectivity index (χ2v) is 17.1. The first kappa shape index (κ1) is 57.4. The zero-order valence-corrected chi connectivity index (χ0v) is 39.7. The molecule has 0 aromatic rings. The van der Waals surface area contributed by atoms with Crippen LogP contribution in [-0.2, 0) is 28.6 Å². The molecule has 0 fully saturated rings. The molecule has 0 heterocycles. The second kappa shape index (κ2) is 49.0. The Hall–Kier alpha value is -2.63. The van der Waals surface area contributed by atoms with Crippen LogP contribution in [0.3, 0.4) is 0 Å². The van der Waals surface area contributed by atoms with Crippen LogP contribution in [-0.4, -0.2) is 37.2 Å². The first-order valence-corrected chi connectivity index (χ1v) is 25.6. The van der Waals surface area contributed by atoms with Crippen LogP contribution in [0.5, 0.6) is 0 Å². The molecule has 0 aromatic carbocycles. The minimum atomic E-state index is -0.767. The van der Waals surface area contributed by atoms with Crippen molar-refractivity contribution in [1.29, 1.82) is 0 Å². The summed E-state index contributed by atoms with van der Waals surface area (Å²) in [6.45, 7) is 6.50. The zero-order chi connectivity index (χ0) is 43.7. The smallest absolute Gasteiger partial charge is 0.306 e. The van der Waals surface area contributed by atoms with Gasteiger partial charge in [-0.05, 0) is 57.8 Å². The summed E-state index contributed by atoms with van der Waals surface area (Å²) in [7, 11) is 0. The van der Waals surface area contributed by atoms with Gasteiger partial charge in [0, 0.05) is 19.3 Å². The lowest BCUT2D eigenvalue weighted by Gasteiger charge is -2.18. The van der Waals surface area contributed by atoms with Crippen molar-refractivity contribution in [1.82, 2.24) is 0 Å². The molecule has 0 N–H and O–H groups in total. The third-order valence-electron chi connectivity index (χ3n) is 11.1. The molecule has 0 aliphatic heterocycles. The van der Waals surface area contributed by atoms with Crippen molar-refractivity contribution in [2.24, 2.45) is 0 Å². The average molecular weight is 841 g/mol. The molecule has 1 atom stereocenters. The highest BCUT2D eigenvalue weighted by molar-refractivity contribution is 5.71. The Kier molecular flexibility index (Phi) is 46.9. The molecule has 0 rings (SSSR count). The van der Waals surface area contributed by atoms with Crippen LogP contribution < -0.4 is 0 Å². The van der Waals surface area contributed by atoms with E-state index in [1.165, 1.54) is 135 Å². The third kappa shape index (κ3) is 46.4. The lowest BCUT2D eigenvalue weighted by molar-refractivity contribution is -0.167. The first-order valence-electron chi connectivity index (χ1n) is 25.6. The molecular formula is C54H96O6. The van der Waals surface area contributed by atoms with Gasteiger partial charge in [0.15, 0.2) is 6.10 Å².